The first-order valence-corrected chi connectivity index (χ1v) is 6.28. The summed E-state index contributed by atoms with van der Waals surface area (Å²) in [6, 6.07) is 0.255. The van der Waals surface area contributed by atoms with Gasteiger partial charge in [0.05, 0.1) is 18.8 Å². The van der Waals surface area contributed by atoms with E-state index in [-0.39, 0.29) is 38.1 Å². The van der Waals surface area contributed by atoms with Crippen molar-refractivity contribution >= 4 is 18.5 Å². The van der Waals surface area contributed by atoms with Crippen molar-refractivity contribution < 1.29 is 14.3 Å². The molecule has 0 aromatic rings. The normalized spacial score (nSPS) is 26.6. The summed E-state index contributed by atoms with van der Waals surface area (Å²) in [6.07, 6.45) is 0.919. The van der Waals surface area contributed by atoms with E-state index in [9.17, 15) is 4.79 Å². The molecule has 114 valence electrons. The second kappa shape index (κ2) is 7.31. The van der Waals surface area contributed by atoms with Gasteiger partial charge in [0.15, 0.2) is 0 Å². The second-order valence-corrected chi connectivity index (χ2v) is 5.68. The van der Waals surface area contributed by atoms with Crippen molar-refractivity contribution in [1.82, 2.24) is 10.2 Å². The first-order chi connectivity index (χ1) is 7.96. The summed E-state index contributed by atoms with van der Waals surface area (Å²) in [4.78, 5) is 13.7. The van der Waals surface area contributed by atoms with Crippen LogP contribution in [-0.2, 0) is 9.47 Å². The summed E-state index contributed by atoms with van der Waals surface area (Å²) in [5.41, 5.74) is -0.426. The van der Waals surface area contributed by atoms with Crippen molar-refractivity contribution in [3.63, 3.8) is 0 Å². The largest absolute Gasteiger partial charge is 0.444 e. The molecule has 0 bridgehead atoms. The Balaban J connectivity index is 0.00000162. The number of rotatable bonds is 0. The smallest absolute Gasteiger partial charge is 0.410 e. The summed E-state index contributed by atoms with van der Waals surface area (Å²) in [5.74, 6) is 0. The van der Waals surface area contributed by atoms with Crippen LogP contribution in [0.1, 0.15) is 34.6 Å². The standard InChI is InChI=1S/C12H22N2O3.CH4.ClH/c1-12(2,3)17-11(15)14-6-4-10-9(8-14)13-5-7-16-10;;/h9-10,13H,4-8H2,1-3H3;1H4;1H/t9-,10-;;/m1../s1. The molecule has 1 N–H and O–H groups in total. The molecule has 19 heavy (non-hydrogen) atoms. The Morgan fingerprint density at radius 2 is 2.11 bits per heavy atom. The third-order valence-corrected chi connectivity index (χ3v) is 3.04. The predicted octanol–water partition coefficient (Wildman–Crippen LogP) is 2.04. The highest BCUT2D eigenvalue weighted by molar-refractivity contribution is 5.85. The lowest BCUT2D eigenvalue weighted by Gasteiger charge is -2.41. The Morgan fingerprint density at radius 1 is 1.42 bits per heavy atom. The molecule has 5 nitrogen and oxygen atoms in total. The van der Waals surface area contributed by atoms with Gasteiger partial charge in [0, 0.05) is 19.6 Å². The predicted molar refractivity (Wildman–Crippen MR) is 77.9 cm³/mol. The zero-order valence-electron chi connectivity index (χ0n) is 11.3. The minimum Gasteiger partial charge on any atom is -0.444 e. The number of ether oxygens (including phenoxy) is 2. The molecule has 2 heterocycles. The van der Waals surface area contributed by atoms with Crippen LogP contribution in [0.5, 0.6) is 0 Å². The molecule has 0 aliphatic carbocycles. The quantitative estimate of drug-likeness (QED) is 0.743. The summed E-state index contributed by atoms with van der Waals surface area (Å²) >= 11 is 0. The van der Waals surface area contributed by atoms with Crippen molar-refractivity contribution in [3.05, 3.63) is 0 Å². The van der Waals surface area contributed by atoms with E-state index in [0.717, 1.165) is 26.1 Å². The topological polar surface area (TPSA) is 50.8 Å². The summed E-state index contributed by atoms with van der Waals surface area (Å²) < 4.78 is 11.0. The average molecular weight is 295 g/mol. The molecule has 0 aromatic carbocycles. The van der Waals surface area contributed by atoms with Crippen molar-refractivity contribution in [2.24, 2.45) is 0 Å². The maximum absolute atomic E-state index is 11.9. The van der Waals surface area contributed by atoms with E-state index < -0.39 is 5.60 Å². The minimum atomic E-state index is -0.426. The van der Waals surface area contributed by atoms with E-state index >= 15 is 0 Å². The number of hydrogen-bond acceptors (Lipinski definition) is 4. The van der Waals surface area contributed by atoms with Crippen LogP contribution >= 0.6 is 12.4 Å². The second-order valence-electron chi connectivity index (χ2n) is 5.68. The Kier molecular flexibility index (Phi) is 7.11. The Morgan fingerprint density at radius 3 is 2.74 bits per heavy atom. The SMILES string of the molecule is C.CC(C)(C)OC(=O)N1CC[C@H]2OCCN[C@@H]2C1.Cl. The number of morpholine rings is 1. The number of nitrogens with one attached hydrogen (secondary N) is 1. The van der Waals surface area contributed by atoms with Gasteiger partial charge >= 0.3 is 6.09 Å². The van der Waals surface area contributed by atoms with Gasteiger partial charge < -0.3 is 19.7 Å². The number of halogens is 1. The Hall–Kier alpha value is -0.520. The summed E-state index contributed by atoms with van der Waals surface area (Å²) in [5, 5.41) is 3.39. The van der Waals surface area contributed by atoms with Crippen molar-refractivity contribution in [2.75, 3.05) is 26.2 Å². The van der Waals surface area contributed by atoms with Crippen LogP contribution in [-0.4, -0.2) is 55.0 Å². The molecule has 2 fully saturated rings. The number of carbonyl (C=O) groups excluding carboxylic acids is 1. The van der Waals surface area contributed by atoms with E-state index in [1.807, 2.05) is 20.8 Å². The van der Waals surface area contributed by atoms with E-state index in [1.165, 1.54) is 0 Å². The summed E-state index contributed by atoms with van der Waals surface area (Å²) in [7, 11) is 0. The number of amides is 1. The highest BCUT2D eigenvalue weighted by Crippen LogP contribution is 2.19. The molecule has 0 aromatic heterocycles. The lowest BCUT2D eigenvalue weighted by atomic mass is 10.0. The van der Waals surface area contributed by atoms with Gasteiger partial charge in [0.25, 0.3) is 0 Å². The molecule has 2 saturated heterocycles. The first-order valence-electron chi connectivity index (χ1n) is 6.28. The fourth-order valence-corrected chi connectivity index (χ4v) is 2.27. The van der Waals surface area contributed by atoms with Crippen LogP contribution in [0.15, 0.2) is 0 Å². The lowest BCUT2D eigenvalue weighted by molar-refractivity contribution is -0.0484. The van der Waals surface area contributed by atoms with Gasteiger partial charge in [-0.05, 0) is 27.2 Å². The number of fused-ring (bicyclic) bond motifs is 1. The zero-order valence-corrected chi connectivity index (χ0v) is 12.1. The molecule has 2 aliphatic heterocycles. The highest BCUT2D eigenvalue weighted by Gasteiger charge is 2.35. The number of nitrogens with zero attached hydrogens (tertiary/aromatic N) is 1. The maximum Gasteiger partial charge on any atom is 0.410 e. The molecule has 2 aliphatic rings. The first kappa shape index (κ1) is 18.5. The van der Waals surface area contributed by atoms with Crippen molar-refractivity contribution in [2.45, 2.75) is 52.4 Å². The number of piperidine rings is 1. The summed E-state index contributed by atoms with van der Waals surface area (Å²) in [6.45, 7) is 8.70. The van der Waals surface area contributed by atoms with Gasteiger partial charge in [-0.15, -0.1) is 12.4 Å². The third-order valence-electron chi connectivity index (χ3n) is 3.04. The number of hydrogen-bond donors (Lipinski definition) is 1. The molecule has 0 unspecified atom stereocenters. The molecule has 1 amide bonds. The van der Waals surface area contributed by atoms with Crippen LogP contribution in [0.4, 0.5) is 4.79 Å². The molecule has 0 radical (unpaired) electrons. The van der Waals surface area contributed by atoms with Crippen molar-refractivity contribution in [3.8, 4) is 0 Å². The molecule has 0 spiro atoms. The van der Waals surface area contributed by atoms with E-state index in [0.29, 0.717) is 6.54 Å². The van der Waals surface area contributed by atoms with Gasteiger partial charge in [-0.25, -0.2) is 4.79 Å². The van der Waals surface area contributed by atoms with Gasteiger partial charge in [-0.1, -0.05) is 7.43 Å². The number of carbonyl (C=O) groups is 1. The van der Waals surface area contributed by atoms with Crippen LogP contribution in [0, 0.1) is 0 Å². The highest BCUT2D eigenvalue weighted by atomic mass is 35.5. The Bertz CT molecular complexity index is 294. The molecule has 6 heteroatoms. The fraction of sp³-hybridized carbons (Fsp3) is 0.923. The third kappa shape index (κ3) is 5.16. The zero-order chi connectivity index (χ0) is 12.5. The maximum atomic E-state index is 11.9. The van der Waals surface area contributed by atoms with E-state index in [2.05, 4.69) is 5.32 Å². The molecular weight excluding hydrogens is 268 g/mol. The van der Waals surface area contributed by atoms with Crippen LogP contribution in [0.2, 0.25) is 0 Å². The van der Waals surface area contributed by atoms with Crippen molar-refractivity contribution in [1.29, 1.82) is 0 Å². The van der Waals surface area contributed by atoms with Gasteiger partial charge in [0.1, 0.15) is 5.60 Å². The molecule has 2 atom stereocenters. The van der Waals surface area contributed by atoms with Gasteiger partial charge in [-0.3, -0.25) is 0 Å². The van der Waals surface area contributed by atoms with Crippen LogP contribution in [0.3, 0.4) is 0 Å². The van der Waals surface area contributed by atoms with E-state index in [4.69, 9.17) is 9.47 Å². The lowest BCUT2D eigenvalue weighted by Crippen LogP contribution is -2.59. The van der Waals surface area contributed by atoms with E-state index in [1.54, 1.807) is 4.90 Å². The average Bonchev–Trinajstić information content (AvgIpc) is 2.26. The minimum absolute atomic E-state index is 0. The fourth-order valence-electron chi connectivity index (χ4n) is 2.27. The van der Waals surface area contributed by atoms with Crippen LogP contribution < -0.4 is 5.32 Å². The van der Waals surface area contributed by atoms with Gasteiger partial charge in [0.2, 0.25) is 0 Å². The molecule has 0 saturated carbocycles. The van der Waals surface area contributed by atoms with Crippen LogP contribution in [0.25, 0.3) is 0 Å². The molecular formula is C13H27ClN2O3. The molecule has 2 rings (SSSR count). The number of likely N-dealkylation sites (tertiary alicyclic amines) is 1. The van der Waals surface area contributed by atoms with Gasteiger partial charge in [-0.2, -0.15) is 0 Å². The monoisotopic (exact) mass is 294 g/mol. The Labute approximate surface area is 122 Å².